The van der Waals surface area contributed by atoms with E-state index in [0.29, 0.717) is 0 Å². The summed E-state index contributed by atoms with van der Waals surface area (Å²) >= 11 is 24.9. The van der Waals surface area contributed by atoms with Crippen molar-refractivity contribution in [2.45, 2.75) is 9.10 Å². The summed E-state index contributed by atoms with van der Waals surface area (Å²) in [6.07, 6.45) is 0. The Morgan fingerprint density at radius 2 is 1.31 bits per heavy atom. The molecule has 0 aliphatic carbocycles. The maximum absolute atomic E-state index is 12.8. The molecule has 1 heterocycles. The van der Waals surface area contributed by atoms with Crippen molar-refractivity contribution in [3.05, 3.63) is 67.9 Å². The summed E-state index contributed by atoms with van der Waals surface area (Å²) in [5, 5.41) is 1.50. The Morgan fingerprint density at radius 3 is 1.86 bits per heavy atom. The third-order valence-corrected chi connectivity index (χ3v) is 9.34. The van der Waals surface area contributed by atoms with E-state index >= 15 is 0 Å². The summed E-state index contributed by atoms with van der Waals surface area (Å²) in [4.78, 5) is -0.287. The van der Waals surface area contributed by atoms with Crippen LogP contribution in [0.3, 0.4) is 0 Å². The summed E-state index contributed by atoms with van der Waals surface area (Å²) in [5.41, 5.74) is -0.259. The van der Waals surface area contributed by atoms with Crippen molar-refractivity contribution in [2.75, 3.05) is 9.44 Å². The topological polar surface area (TPSA) is 92.3 Å². The fraction of sp³-hybridized carbons (Fsp3) is 0. The maximum Gasteiger partial charge on any atom is 0.271 e. The zero-order chi connectivity index (χ0) is 21.4. The fourth-order valence-electron chi connectivity index (χ4n) is 2.22. The number of thiophene rings is 1. The minimum Gasteiger partial charge on any atom is -0.277 e. The lowest BCUT2D eigenvalue weighted by atomic mass is 10.3. The summed E-state index contributed by atoms with van der Waals surface area (Å²) in [6, 6.07) is 9.46. The van der Waals surface area contributed by atoms with Gasteiger partial charge in [-0.25, -0.2) is 16.8 Å². The Kier molecular flexibility index (Phi) is 6.59. The molecule has 0 radical (unpaired) electrons. The van der Waals surface area contributed by atoms with Crippen molar-refractivity contribution in [1.82, 2.24) is 0 Å². The minimum absolute atomic E-state index is 0.0145. The second-order valence-corrected chi connectivity index (χ2v) is 11.6. The molecular formula is C16H10Cl4N2O4S3. The molecule has 0 saturated heterocycles. The van der Waals surface area contributed by atoms with Crippen LogP contribution in [-0.4, -0.2) is 16.8 Å². The summed E-state index contributed by atoms with van der Waals surface area (Å²) in [5.74, 6) is 0. The third-order valence-electron chi connectivity index (χ3n) is 3.51. The van der Waals surface area contributed by atoms with Gasteiger partial charge in [0.15, 0.2) is 0 Å². The van der Waals surface area contributed by atoms with Gasteiger partial charge in [0.25, 0.3) is 20.0 Å². The first kappa shape index (κ1) is 22.5. The van der Waals surface area contributed by atoms with Crippen LogP contribution in [0.1, 0.15) is 0 Å². The first-order chi connectivity index (χ1) is 13.5. The first-order valence-electron chi connectivity index (χ1n) is 7.53. The van der Waals surface area contributed by atoms with Crippen molar-refractivity contribution in [3.8, 4) is 0 Å². The molecule has 0 aliphatic heterocycles. The second kappa shape index (κ2) is 8.50. The average Bonchev–Trinajstić information content (AvgIpc) is 3.17. The number of benzene rings is 2. The summed E-state index contributed by atoms with van der Waals surface area (Å²) < 4.78 is 55.3. The standard InChI is InChI=1S/C16H10Cl4N2O4S3/c17-9-3-1-4-14(16(9)20)28(23,24)21-12-7-10(18)11(19)8-13(12)22-29(25,26)15-5-2-6-27-15/h1-8,21-22H. The molecule has 0 unspecified atom stereocenters. The van der Waals surface area contributed by atoms with E-state index < -0.39 is 20.0 Å². The monoisotopic (exact) mass is 530 g/mol. The Hall–Kier alpha value is -1.20. The lowest BCUT2D eigenvalue weighted by molar-refractivity contribution is 0.599. The number of nitrogens with one attached hydrogen (secondary N) is 2. The molecule has 0 amide bonds. The molecular weight excluding hydrogens is 522 g/mol. The van der Waals surface area contributed by atoms with E-state index in [0.717, 1.165) is 11.3 Å². The predicted molar refractivity (Wildman–Crippen MR) is 119 cm³/mol. The van der Waals surface area contributed by atoms with E-state index in [4.69, 9.17) is 46.4 Å². The van der Waals surface area contributed by atoms with Crippen molar-refractivity contribution < 1.29 is 16.8 Å². The van der Waals surface area contributed by atoms with Gasteiger partial charge in [-0.05, 0) is 35.7 Å². The predicted octanol–water partition coefficient (Wildman–Crippen LogP) is 5.96. The number of anilines is 2. The van der Waals surface area contributed by atoms with E-state index in [1.807, 2.05) is 0 Å². The molecule has 0 bridgehead atoms. The van der Waals surface area contributed by atoms with Crippen LogP contribution in [0.4, 0.5) is 11.4 Å². The van der Waals surface area contributed by atoms with Crippen molar-refractivity contribution in [3.63, 3.8) is 0 Å². The average molecular weight is 532 g/mol. The van der Waals surface area contributed by atoms with Crippen LogP contribution in [0.5, 0.6) is 0 Å². The van der Waals surface area contributed by atoms with Gasteiger partial charge in [-0.1, -0.05) is 58.5 Å². The highest BCUT2D eigenvalue weighted by Crippen LogP contribution is 2.37. The largest absolute Gasteiger partial charge is 0.277 e. The molecule has 0 aliphatic rings. The molecule has 154 valence electrons. The molecule has 0 saturated carbocycles. The van der Waals surface area contributed by atoms with Crippen molar-refractivity contribution in [1.29, 1.82) is 0 Å². The number of sulfonamides is 2. The quantitative estimate of drug-likeness (QED) is 0.410. The zero-order valence-electron chi connectivity index (χ0n) is 14.0. The molecule has 2 N–H and O–H groups in total. The second-order valence-electron chi connectivity index (χ2n) is 5.51. The molecule has 0 atom stereocenters. The summed E-state index contributed by atoms with van der Waals surface area (Å²) in [6.45, 7) is 0. The van der Waals surface area contributed by atoms with E-state index in [1.54, 1.807) is 11.4 Å². The molecule has 0 spiro atoms. The Balaban J connectivity index is 2.06. The molecule has 13 heteroatoms. The van der Waals surface area contributed by atoms with Crippen LogP contribution in [0, 0.1) is 0 Å². The minimum atomic E-state index is -4.23. The van der Waals surface area contributed by atoms with Gasteiger partial charge in [0, 0.05) is 0 Å². The van der Waals surface area contributed by atoms with E-state index in [-0.39, 0.29) is 40.6 Å². The van der Waals surface area contributed by atoms with Crippen LogP contribution in [0.25, 0.3) is 0 Å². The highest BCUT2D eigenvalue weighted by molar-refractivity contribution is 7.94. The third kappa shape index (κ3) is 4.93. The Bertz CT molecular complexity index is 1280. The highest BCUT2D eigenvalue weighted by Gasteiger charge is 2.24. The van der Waals surface area contributed by atoms with Crippen molar-refractivity contribution >= 4 is 89.2 Å². The van der Waals surface area contributed by atoms with Crippen LogP contribution < -0.4 is 9.44 Å². The molecule has 6 nitrogen and oxygen atoms in total. The maximum atomic E-state index is 12.8. The summed E-state index contributed by atoms with van der Waals surface area (Å²) in [7, 11) is -8.20. The molecule has 0 fully saturated rings. The van der Waals surface area contributed by atoms with Gasteiger partial charge < -0.3 is 0 Å². The lowest BCUT2D eigenvalue weighted by Gasteiger charge is -2.16. The van der Waals surface area contributed by atoms with Gasteiger partial charge in [0.2, 0.25) is 0 Å². The van der Waals surface area contributed by atoms with Crippen molar-refractivity contribution in [2.24, 2.45) is 0 Å². The molecule has 2 aromatic carbocycles. The number of hydrogen-bond acceptors (Lipinski definition) is 5. The Morgan fingerprint density at radius 1 is 0.724 bits per heavy atom. The van der Waals surface area contributed by atoms with Gasteiger partial charge in [-0.3, -0.25) is 9.44 Å². The molecule has 3 rings (SSSR count). The SMILES string of the molecule is O=S(=O)(Nc1cc(Cl)c(Cl)cc1NS(=O)(=O)c1cccc(Cl)c1Cl)c1cccs1. The molecule has 29 heavy (non-hydrogen) atoms. The van der Waals surface area contributed by atoms with Gasteiger partial charge in [0.1, 0.15) is 9.10 Å². The fourth-order valence-corrected chi connectivity index (χ4v) is 6.44. The first-order valence-corrected chi connectivity index (χ1v) is 12.9. The number of halogens is 4. The van der Waals surface area contributed by atoms with Crippen LogP contribution in [0.2, 0.25) is 20.1 Å². The van der Waals surface area contributed by atoms with Crippen LogP contribution in [-0.2, 0) is 20.0 Å². The van der Waals surface area contributed by atoms with E-state index in [2.05, 4.69) is 9.44 Å². The van der Waals surface area contributed by atoms with Crippen LogP contribution in [0.15, 0.2) is 56.9 Å². The van der Waals surface area contributed by atoms with E-state index in [1.165, 1.54) is 36.4 Å². The number of rotatable bonds is 6. The van der Waals surface area contributed by atoms with Crippen LogP contribution >= 0.6 is 57.7 Å². The van der Waals surface area contributed by atoms with Gasteiger partial charge >= 0.3 is 0 Å². The highest BCUT2D eigenvalue weighted by atomic mass is 35.5. The van der Waals surface area contributed by atoms with Gasteiger partial charge in [-0.2, -0.15) is 0 Å². The van der Waals surface area contributed by atoms with E-state index in [9.17, 15) is 16.8 Å². The normalized spacial score (nSPS) is 12.0. The Labute approximate surface area is 191 Å². The van der Waals surface area contributed by atoms with Gasteiger partial charge in [-0.15, -0.1) is 11.3 Å². The smallest absolute Gasteiger partial charge is 0.271 e. The molecule has 1 aromatic heterocycles. The number of hydrogen-bond donors (Lipinski definition) is 2. The lowest BCUT2D eigenvalue weighted by Crippen LogP contribution is -2.17. The zero-order valence-corrected chi connectivity index (χ0v) is 19.5. The van der Waals surface area contributed by atoms with Gasteiger partial charge in [0.05, 0.1) is 31.5 Å². The molecule has 3 aromatic rings.